The summed E-state index contributed by atoms with van der Waals surface area (Å²) in [5.74, 6) is 5.46. The van der Waals surface area contributed by atoms with Crippen molar-refractivity contribution in [2.45, 2.75) is 111 Å². The lowest BCUT2D eigenvalue weighted by Crippen LogP contribution is -2.50. The molecule has 4 aliphatic carbocycles. The minimum absolute atomic E-state index is 0.0766. The number of aliphatic hydroxyl groups is 1. The van der Waals surface area contributed by atoms with Crippen molar-refractivity contribution in [1.29, 1.82) is 5.41 Å². The fourth-order valence-corrected chi connectivity index (χ4v) is 8.67. The van der Waals surface area contributed by atoms with Gasteiger partial charge in [0.15, 0.2) is 0 Å². The molecule has 4 rings (SSSR count). The van der Waals surface area contributed by atoms with Crippen LogP contribution in [0, 0.1) is 51.7 Å². The maximum Gasteiger partial charge on any atom is 0.231 e. The van der Waals surface area contributed by atoms with E-state index in [-0.39, 0.29) is 6.10 Å². The zero-order valence-electron chi connectivity index (χ0n) is 20.8. The molecule has 3 nitrogen and oxygen atoms in total. The second-order valence-corrected chi connectivity index (χ2v) is 12.3. The third-order valence-electron chi connectivity index (χ3n) is 10.3. The Bertz CT molecular complexity index is 678. The zero-order valence-corrected chi connectivity index (χ0v) is 20.8. The molecule has 0 aliphatic heterocycles. The highest BCUT2D eigenvalue weighted by atomic mass is 16.3. The Morgan fingerprint density at radius 3 is 2.48 bits per heavy atom. The first-order valence-corrected chi connectivity index (χ1v) is 13.1. The summed E-state index contributed by atoms with van der Waals surface area (Å²) in [7, 11) is 0. The highest BCUT2D eigenvalue weighted by Crippen LogP contribution is 2.67. The molecule has 0 heterocycles. The Morgan fingerprint density at radius 1 is 1.10 bits per heavy atom. The molecule has 0 amide bonds. The van der Waals surface area contributed by atoms with E-state index in [0.717, 1.165) is 54.4 Å². The second-order valence-electron chi connectivity index (χ2n) is 12.3. The fourth-order valence-electron chi connectivity index (χ4n) is 8.67. The molecule has 3 saturated carbocycles. The van der Waals surface area contributed by atoms with Crippen molar-refractivity contribution in [3.63, 3.8) is 0 Å². The van der Waals surface area contributed by atoms with E-state index in [1.54, 1.807) is 5.57 Å². The molecule has 4 aliphatic rings. The topological polar surface area (TPSA) is 61.1 Å². The van der Waals surface area contributed by atoms with Gasteiger partial charge in [-0.15, -0.1) is 0 Å². The van der Waals surface area contributed by atoms with E-state index < -0.39 is 0 Å². The van der Waals surface area contributed by atoms with Gasteiger partial charge in [0.1, 0.15) is 0 Å². The van der Waals surface area contributed by atoms with Crippen LogP contribution in [-0.2, 0) is 4.79 Å². The molecule has 8 atom stereocenters. The molecular formula is C28H47NO2. The lowest BCUT2D eigenvalue weighted by molar-refractivity contribution is -0.0573. The molecule has 0 saturated heterocycles. The van der Waals surface area contributed by atoms with Gasteiger partial charge in [-0.3, -0.25) is 0 Å². The van der Waals surface area contributed by atoms with Gasteiger partial charge in [0, 0.05) is 0 Å². The van der Waals surface area contributed by atoms with Crippen molar-refractivity contribution in [2.75, 3.05) is 0 Å². The Labute approximate surface area is 191 Å². The van der Waals surface area contributed by atoms with E-state index in [0.29, 0.717) is 10.8 Å². The Kier molecular flexibility index (Phi) is 7.91. The quantitative estimate of drug-likeness (QED) is 0.274. The highest BCUT2D eigenvalue weighted by molar-refractivity contribution is 5.26. The first-order chi connectivity index (χ1) is 14.7. The summed E-state index contributed by atoms with van der Waals surface area (Å²) in [6.07, 6.45) is 17.9. The van der Waals surface area contributed by atoms with Crippen LogP contribution in [0.15, 0.2) is 11.6 Å². The van der Waals surface area contributed by atoms with Crippen LogP contribution < -0.4 is 0 Å². The number of rotatable bonds is 5. The first kappa shape index (κ1) is 24.7. The van der Waals surface area contributed by atoms with E-state index in [4.69, 9.17) is 10.2 Å². The second kappa shape index (κ2) is 9.92. The summed E-state index contributed by atoms with van der Waals surface area (Å²) in [5.41, 5.74) is 2.60. The van der Waals surface area contributed by atoms with Crippen molar-refractivity contribution in [2.24, 2.45) is 46.3 Å². The highest BCUT2D eigenvalue weighted by Gasteiger charge is 2.59. The number of carbonyl (C=O) groups excluding carboxylic acids is 1. The van der Waals surface area contributed by atoms with Crippen molar-refractivity contribution < 1.29 is 9.90 Å². The van der Waals surface area contributed by atoms with Crippen molar-refractivity contribution >= 4 is 6.08 Å². The van der Waals surface area contributed by atoms with Crippen molar-refractivity contribution in [1.82, 2.24) is 0 Å². The summed E-state index contributed by atoms with van der Waals surface area (Å²) in [6, 6.07) is 0. The number of hydrogen-bond acceptors (Lipinski definition) is 3. The average molecular weight is 430 g/mol. The van der Waals surface area contributed by atoms with Gasteiger partial charge >= 0.3 is 0 Å². The molecular weight excluding hydrogens is 382 g/mol. The summed E-state index contributed by atoms with van der Waals surface area (Å²) < 4.78 is 0. The number of hydrogen-bond donors (Lipinski definition) is 2. The number of aliphatic hydroxyl groups excluding tert-OH is 1. The molecule has 0 radical (unpaired) electrons. The van der Waals surface area contributed by atoms with Crippen LogP contribution >= 0.6 is 0 Å². The standard InChI is InChI=1S/C27H46O.CHNO/c1-18(2)7-6-8-19(3)23-11-12-24-22-10-9-20-17-21(28)13-15-26(20,4)25(22)14-16-27(23,24)5;2-1-3/h9,18-19,21-25,28H,6-8,10-17H2,1-5H3;2H/t19-,21+,22+,23-,24+,25+,26+,27-;/m1./s1. The number of nitrogens with one attached hydrogen (secondary N) is 1. The molecule has 31 heavy (non-hydrogen) atoms. The summed E-state index contributed by atoms with van der Waals surface area (Å²) in [5, 5.41) is 15.6. The van der Waals surface area contributed by atoms with Crippen molar-refractivity contribution in [3.8, 4) is 0 Å². The maximum absolute atomic E-state index is 10.2. The SMILES string of the molecule is CC(C)CCC[C@@H](C)[C@H]1CC[C@H]2[C@@H]3CC=C4C[C@@H](O)CC[C@]4(C)[C@H]3CC[C@]12C.N=C=O. The number of allylic oxidation sites excluding steroid dienone is 1. The van der Waals surface area contributed by atoms with Gasteiger partial charge in [0.2, 0.25) is 6.08 Å². The number of isocyanates is 1. The molecule has 0 spiro atoms. The smallest absolute Gasteiger partial charge is 0.231 e. The maximum atomic E-state index is 10.2. The fraction of sp³-hybridized carbons (Fsp3) is 0.893. The van der Waals surface area contributed by atoms with Crippen LogP contribution in [0.3, 0.4) is 0 Å². The Morgan fingerprint density at radius 2 is 1.81 bits per heavy atom. The zero-order chi connectivity index (χ0) is 22.8. The third kappa shape index (κ3) is 4.74. The van der Waals surface area contributed by atoms with Gasteiger partial charge in [-0.2, -0.15) is 0 Å². The monoisotopic (exact) mass is 429 g/mol. The molecule has 3 fully saturated rings. The van der Waals surface area contributed by atoms with Crippen LogP contribution in [0.5, 0.6) is 0 Å². The minimum atomic E-state index is -0.0766. The van der Waals surface area contributed by atoms with Crippen LogP contribution in [-0.4, -0.2) is 17.3 Å². The van der Waals surface area contributed by atoms with Crippen LogP contribution in [0.25, 0.3) is 0 Å². The molecule has 3 heteroatoms. The molecule has 0 aromatic heterocycles. The molecule has 0 unspecified atom stereocenters. The Balaban J connectivity index is 0.000000858. The van der Waals surface area contributed by atoms with E-state index in [2.05, 4.69) is 40.7 Å². The summed E-state index contributed by atoms with van der Waals surface area (Å²) >= 11 is 0. The lowest BCUT2D eigenvalue weighted by Gasteiger charge is -2.58. The molecule has 0 bridgehead atoms. The van der Waals surface area contributed by atoms with Gasteiger partial charge in [-0.05, 0) is 97.7 Å². The van der Waals surface area contributed by atoms with Crippen molar-refractivity contribution in [3.05, 3.63) is 11.6 Å². The van der Waals surface area contributed by atoms with Crippen LogP contribution in [0.1, 0.15) is 105 Å². The van der Waals surface area contributed by atoms with Gasteiger partial charge in [0.05, 0.1) is 6.10 Å². The average Bonchev–Trinajstić information content (AvgIpc) is 3.06. The first-order valence-electron chi connectivity index (χ1n) is 13.1. The number of fused-ring (bicyclic) bond motifs is 5. The van der Waals surface area contributed by atoms with Crippen LogP contribution in [0.4, 0.5) is 0 Å². The van der Waals surface area contributed by atoms with Crippen LogP contribution in [0.2, 0.25) is 0 Å². The predicted octanol–water partition coefficient (Wildman–Crippen LogP) is 7.29. The molecule has 176 valence electrons. The van der Waals surface area contributed by atoms with Gasteiger partial charge < -0.3 is 5.11 Å². The molecule has 0 aromatic carbocycles. The Hall–Kier alpha value is -0.920. The van der Waals surface area contributed by atoms with E-state index in [1.165, 1.54) is 57.8 Å². The minimum Gasteiger partial charge on any atom is -0.393 e. The normalized spacial score (nSPS) is 42.3. The van der Waals surface area contributed by atoms with E-state index in [1.807, 2.05) is 0 Å². The molecule has 2 N–H and O–H groups in total. The third-order valence-corrected chi connectivity index (χ3v) is 10.3. The predicted molar refractivity (Wildman–Crippen MR) is 127 cm³/mol. The molecule has 0 aromatic rings. The summed E-state index contributed by atoms with van der Waals surface area (Å²) in [6.45, 7) is 12.6. The van der Waals surface area contributed by atoms with E-state index in [9.17, 15) is 5.11 Å². The summed E-state index contributed by atoms with van der Waals surface area (Å²) in [4.78, 5) is 8.35. The van der Waals surface area contributed by atoms with Gasteiger partial charge in [-0.25, -0.2) is 10.2 Å². The van der Waals surface area contributed by atoms with Gasteiger partial charge in [0.25, 0.3) is 0 Å². The largest absolute Gasteiger partial charge is 0.393 e. The van der Waals surface area contributed by atoms with Gasteiger partial charge in [-0.1, -0.05) is 65.5 Å². The lowest BCUT2D eigenvalue weighted by atomic mass is 9.47. The van der Waals surface area contributed by atoms with E-state index >= 15 is 0 Å².